The predicted octanol–water partition coefficient (Wildman–Crippen LogP) is 5.10. The van der Waals surface area contributed by atoms with E-state index in [2.05, 4.69) is 32.2 Å². The molecule has 0 N–H and O–H groups in total. The van der Waals surface area contributed by atoms with E-state index in [4.69, 9.17) is 10.00 Å². The van der Waals surface area contributed by atoms with E-state index in [1.54, 1.807) is 0 Å². The summed E-state index contributed by atoms with van der Waals surface area (Å²) in [5.74, 6) is 2.26. The van der Waals surface area contributed by atoms with Gasteiger partial charge in [0.1, 0.15) is 5.75 Å². The fourth-order valence-electron chi connectivity index (χ4n) is 2.43. The van der Waals surface area contributed by atoms with Gasteiger partial charge < -0.3 is 4.74 Å². The van der Waals surface area contributed by atoms with Gasteiger partial charge in [-0.1, -0.05) is 39.8 Å². The third-order valence-electron chi connectivity index (χ3n) is 3.59. The molecule has 1 aromatic heterocycles. The van der Waals surface area contributed by atoms with E-state index in [1.807, 2.05) is 60.0 Å². The lowest BCUT2D eigenvalue weighted by atomic mass is 10.2. The fourth-order valence-corrected chi connectivity index (χ4v) is 3.49. The lowest BCUT2D eigenvalue weighted by Gasteiger charge is -2.11. The second-order valence-corrected chi connectivity index (χ2v) is 7.31. The first kappa shape index (κ1) is 18.5. The molecule has 0 bridgehead atoms. The SMILES string of the molecule is CCOc1ccc(-n2c(SCCC#N)nnc2-c2ccc(Br)cc2)cc1. The van der Waals surface area contributed by atoms with E-state index in [0.717, 1.165) is 32.5 Å². The Kier molecular flexibility index (Phi) is 6.31. The third kappa shape index (κ3) is 4.26. The molecule has 7 heteroatoms. The summed E-state index contributed by atoms with van der Waals surface area (Å²) >= 11 is 4.99. The third-order valence-corrected chi connectivity index (χ3v) is 5.05. The molecule has 0 saturated carbocycles. The first-order valence-electron chi connectivity index (χ1n) is 8.17. The van der Waals surface area contributed by atoms with Gasteiger partial charge in [0.15, 0.2) is 11.0 Å². The molecule has 0 aliphatic carbocycles. The minimum absolute atomic E-state index is 0.467. The van der Waals surface area contributed by atoms with Gasteiger partial charge in [-0.25, -0.2) is 0 Å². The summed E-state index contributed by atoms with van der Waals surface area (Å²) in [7, 11) is 0. The highest BCUT2D eigenvalue weighted by Gasteiger charge is 2.16. The van der Waals surface area contributed by atoms with Crippen LogP contribution in [-0.2, 0) is 0 Å². The Bertz CT molecular complexity index is 901. The van der Waals surface area contributed by atoms with Gasteiger partial charge in [-0.3, -0.25) is 4.57 Å². The van der Waals surface area contributed by atoms with Crippen LogP contribution in [0.15, 0.2) is 58.2 Å². The quantitative estimate of drug-likeness (QED) is 0.386. The van der Waals surface area contributed by atoms with Gasteiger partial charge in [0, 0.05) is 27.9 Å². The molecule has 26 heavy (non-hydrogen) atoms. The van der Waals surface area contributed by atoms with Crippen molar-refractivity contribution in [3.63, 3.8) is 0 Å². The molecule has 5 nitrogen and oxygen atoms in total. The maximum atomic E-state index is 8.80. The zero-order chi connectivity index (χ0) is 18.4. The van der Waals surface area contributed by atoms with Crippen molar-refractivity contribution in [1.29, 1.82) is 5.26 Å². The number of nitriles is 1. The van der Waals surface area contributed by atoms with Crippen molar-refractivity contribution in [2.24, 2.45) is 0 Å². The van der Waals surface area contributed by atoms with Crippen molar-refractivity contribution < 1.29 is 4.74 Å². The molecule has 0 fully saturated rings. The molecule has 1 heterocycles. The molecular formula is C19H17BrN4OS. The highest BCUT2D eigenvalue weighted by molar-refractivity contribution is 9.10. The van der Waals surface area contributed by atoms with Gasteiger partial charge >= 0.3 is 0 Å². The molecule has 0 saturated heterocycles. The van der Waals surface area contributed by atoms with E-state index in [-0.39, 0.29) is 0 Å². The Morgan fingerprint density at radius 3 is 2.50 bits per heavy atom. The number of nitrogens with zero attached hydrogens (tertiary/aromatic N) is 4. The molecule has 0 amide bonds. The second kappa shape index (κ2) is 8.88. The zero-order valence-corrected chi connectivity index (χ0v) is 16.6. The molecule has 0 unspecified atom stereocenters. The number of aromatic nitrogens is 3. The lowest BCUT2D eigenvalue weighted by molar-refractivity contribution is 0.340. The Labute approximate surface area is 165 Å². The first-order chi connectivity index (χ1) is 12.7. The van der Waals surface area contributed by atoms with Crippen molar-refractivity contribution in [3.05, 3.63) is 53.0 Å². The molecule has 0 radical (unpaired) electrons. The van der Waals surface area contributed by atoms with Crippen LogP contribution < -0.4 is 4.74 Å². The molecule has 2 aromatic carbocycles. The van der Waals surface area contributed by atoms with Crippen molar-refractivity contribution in [2.75, 3.05) is 12.4 Å². The van der Waals surface area contributed by atoms with E-state index >= 15 is 0 Å². The molecular weight excluding hydrogens is 412 g/mol. The van der Waals surface area contributed by atoms with Crippen molar-refractivity contribution >= 4 is 27.7 Å². The molecule has 0 aliphatic rings. The van der Waals surface area contributed by atoms with E-state index in [1.165, 1.54) is 11.8 Å². The van der Waals surface area contributed by atoms with Crippen LogP contribution >= 0.6 is 27.7 Å². The van der Waals surface area contributed by atoms with Crippen molar-refractivity contribution in [2.45, 2.75) is 18.5 Å². The summed E-state index contributed by atoms with van der Waals surface area (Å²) in [5.41, 5.74) is 1.93. The van der Waals surface area contributed by atoms with Crippen LogP contribution in [0, 0.1) is 11.3 Å². The Hall–Kier alpha value is -2.30. The Morgan fingerprint density at radius 2 is 1.85 bits per heavy atom. The summed E-state index contributed by atoms with van der Waals surface area (Å²) < 4.78 is 8.55. The molecule has 132 valence electrons. The number of thioether (sulfide) groups is 1. The normalized spacial score (nSPS) is 10.5. The monoisotopic (exact) mass is 428 g/mol. The maximum Gasteiger partial charge on any atom is 0.196 e. The molecule has 0 aliphatic heterocycles. The smallest absolute Gasteiger partial charge is 0.196 e. The highest BCUT2D eigenvalue weighted by Crippen LogP contribution is 2.29. The standard InChI is InChI=1S/C19H17BrN4OS/c1-2-25-17-10-8-16(9-11-17)24-18(14-4-6-15(20)7-5-14)22-23-19(24)26-13-3-12-21/h4-11H,2-3,13H2,1H3. The summed E-state index contributed by atoms with van der Waals surface area (Å²) in [6.07, 6.45) is 0.467. The van der Waals surface area contributed by atoms with E-state index < -0.39 is 0 Å². The number of benzene rings is 2. The van der Waals surface area contributed by atoms with Gasteiger partial charge in [0.05, 0.1) is 12.7 Å². The largest absolute Gasteiger partial charge is 0.494 e. The summed E-state index contributed by atoms with van der Waals surface area (Å²) in [4.78, 5) is 0. The van der Waals surface area contributed by atoms with Crippen LogP contribution in [0.3, 0.4) is 0 Å². The fraction of sp³-hybridized carbons (Fsp3) is 0.211. The molecule has 0 atom stereocenters. The van der Waals surface area contributed by atoms with Gasteiger partial charge in [-0.05, 0) is 43.3 Å². The molecule has 0 spiro atoms. The predicted molar refractivity (Wildman–Crippen MR) is 107 cm³/mol. The number of hydrogen-bond donors (Lipinski definition) is 0. The second-order valence-electron chi connectivity index (χ2n) is 5.33. The Balaban J connectivity index is 2.02. The van der Waals surface area contributed by atoms with Crippen LogP contribution in [-0.4, -0.2) is 27.1 Å². The van der Waals surface area contributed by atoms with Crippen LogP contribution in [0.2, 0.25) is 0 Å². The van der Waals surface area contributed by atoms with Crippen LogP contribution in [0.5, 0.6) is 5.75 Å². The summed E-state index contributed by atoms with van der Waals surface area (Å²) in [5, 5.41) is 18.3. The number of hydrogen-bond acceptors (Lipinski definition) is 5. The van der Waals surface area contributed by atoms with Gasteiger partial charge in [-0.15, -0.1) is 10.2 Å². The van der Waals surface area contributed by atoms with Crippen LogP contribution in [0.1, 0.15) is 13.3 Å². The summed E-state index contributed by atoms with van der Waals surface area (Å²) in [6, 6.07) is 18.0. The zero-order valence-electron chi connectivity index (χ0n) is 14.2. The van der Waals surface area contributed by atoms with E-state index in [9.17, 15) is 0 Å². The first-order valence-corrected chi connectivity index (χ1v) is 9.95. The van der Waals surface area contributed by atoms with E-state index in [0.29, 0.717) is 18.8 Å². The van der Waals surface area contributed by atoms with Gasteiger partial charge in [0.2, 0.25) is 0 Å². The highest BCUT2D eigenvalue weighted by atomic mass is 79.9. The molecule has 3 aromatic rings. The van der Waals surface area contributed by atoms with Crippen molar-refractivity contribution in [1.82, 2.24) is 14.8 Å². The number of halogens is 1. The average Bonchev–Trinajstić information content (AvgIpc) is 3.07. The topological polar surface area (TPSA) is 63.7 Å². The minimum Gasteiger partial charge on any atom is -0.494 e. The van der Waals surface area contributed by atoms with Crippen molar-refractivity contribution in [3.8, 4) is 28.9 Å². The maximum absolute atomic E-state index is 8.80. The number of rotatable bonds is 7. The number of ether oxygens (including phenoxy) is 1. The average molecular weight is 429 g/mol. The van der Waals surface area contributed by atoms with Crippen LogP contribution in [0.25, 0.3) is 17.1 Å². The van der Waals surface area contributed by atoms with Gasteiger partial charge in [0.25, 0.3) is 0 Å². The van der Waals surface area contributed by atoms with Crippen LogP contribution in [0.4, 0.5) is 0 Å². The van der Waals surface area contributed by atoms with Gasteiger partial charge in [-0.2, -0.15) is 5.26 Å². The molecule has 3 rings (SSSR count). The Morgan fingerprint density at radius 1 is 1.12 bits per heavy atom. The minimum atomic E-state index is 0.467. The summed E-state index contributed by atoms with van der Waals surface area (Å²) in [6.45, 7) is 2.59. The lowest BCUT2D eigenvalue weighted by Crippen LogP contribution is -2.00.